The largest absolute Gasteiger partial charge is 0.492 e. The Morgan fingerprint density at radius 1 is 1.07 bits per heavy atom. The number of pyridine rings is 1. The number of hydrogen-bond acceptors (Lipinski definition) is 12. The van der Waals surface area contributed by atoms with Crippen molar-refractivity contribution in [3.05, 3.63) is 71.3 Å². The number of rotatable bonds is 12. The Balaban J connectivity index is 1.00. The van der Waals surface area contributed by atoms with E-state index in [1.54, 1.807) is 30.9 Å². The number of ether oxygens (including phenoxy) is 1. The van der Waals surface area contributed by atoms with Gasteiger partial charge in [-0.05, 0) is 74.7 Å². The number of halogens is 4. The molecule has 0 bridgehead atoms. The van der Waals surface area contributed by atoms with Crippen LogP contribution in [0.3, 0.4) is 0 Å². The lowest BCUT2D eigenvalue weighted by Crippen LogP contribution is -2.49. The summed E-state index contributed by atoms with van der Waals surface area (Å²) < 4.78 is 62.0. The fourth-order valence-electron chi connectivity index (χ4n) is 7.23. The van der Waals surface area contributed by atoms with Crippen LogP contribution < -0.4 is 30.5 Å². The predicted molar refractivity (Wildman–Crippen MR) is 210 cm³/mol. The summed E-state index contributed by atoms with van der Waals surface area (Å²) in [6.07, 6.45) is -2.70. The van der Waals surface area contributed by atoms with Crippen molar-refractivity contribution in [2.24, 2.45) is 0 Å². The number of thiol groups is 1. The molecule has 1 aromatic heterocycles. The molecule has 0 aliphatic carbocycles. The molecule has 4 amide bonds. The van der Waals surface area contributed by atoms with Gasteiger partial charge >= 0.3 is 6.18 Å². The zero-order valence-electron chi connectivity index (χ0n) is 32.0. The number of anilines is 4. The van der Waals surface area contributed by atoms with Crippen molar-refractivity contribution in [1.82, 2.24) is 20.1 Å². The number of piperidine rings is 1. The quantitative estimate of drug-likeness (QED) is 0.117. The Hall–Kier alpha value is -5.45. The number of carbonyl (C=O) groups is 4. The number of alkyl halides is 3. The minimum Gasteiger partial charge on any atom is -0.492 e. The minimum atomic E-state index is -4.85. The van der Waals surface area contributed by atoms with Gasteiger partial charge in [-0.15, -0.1) is 12.6 Å². The average Bonchev–Trinajstić information content (AvgIpc) is 3.36. The van der Waals surface area contributed by atoms with Crippen LogP contribution in [0, 0.1) is 17.1 Å². The maximum absolute atomic E-state index is 14.6. The van der Waals surface area contributed by atoms with E-state index in [1.165, 1.54) is 24.3 Å². The number of benzene rings is 2. The highest BCUT2D eigenvalue weighted by atomic mass is 32.1. The van der Waals surface area contributed by atoms with E-state index in [1.807, 2.05) is 17.9 Å². The second-order valence-corrected chi connectivity index (χ2v) is 15.1. The fourth-order valence-corrected chi connectivity index (χ4v) is 7.89. The van der Waals surface area contributed by atoms with E-state index in [2.05, 4.69) is 38.5 Å². The summed E-state index contributed by atoms with van der Waals surface area (Å²) in [7, 11) is 0. The topological polar surface area (TPSA) is 163 Å². The van der Waals surface area contributed by atoms with Crippen molar-refractivity contribution in [1.29, 1.82) is 5.26 Å². The summed E-state index contributed by atoms with van der Waals surface area (Å²) in [6, 6.07) is 11.1. The van der Waals surface area contributed by atoms with Gasteiger partial charge < -0.3 is 20.3 Å². The van der Waals surface area contributed by atoms with Crippen LogP contribution in [0.15, 0.2) is 48.7 Å². The lowest BCUT2D eigenvalue weighted by molar-refractivity contribution is -0.138. The van der Waals surface area contributed by atoms with Gasteiger partial charge in [0, 0.05) is 50.5 Å². The van der Waals surface area contributed by atoms with Gasteiger partial charge in [0.05, 0.1) is 29.7 Å². The molecular weight excluding hydrogens is 783 g/mol. The van der Waals surface area contributed by atoms with Crippen molar-refractivity contribution in [3.63, 3.8) is 0 Å². The first-order valence-corrected chi connectivity index (χ1v) is 19.2. The number of carbonyl (C=O) groups excluding carboxylic acids is 4. The number of aryl methyl sites for hydroxylation is 1. The first-order chi connectivity index (χ1) is 27.5. The van der Waals surface area contributed by atoms with Gasteiger partial charge in [-0.2, -0.15) is 18.4 Å². The smallest absolute Gasteiger partial charge is 0.419 e. The second-order valence-electron chi connectivity index (χ2n) is 14.7. The minimum absolute atomic E-state index is 0.0220. The third-order valence-electron chi connectivity index (χ3n) is 10.4. The van der Waals surface area contributed by atoms with Crippen LogP contribution in [0.5, 0.6) is 5.75 Å². The Morgan fingerprint density at radius 2 is 1.79 bits per heavy atom. The molecule has 2 unspecified atom stereocenters. The van der Waals surface area contributed by atoms with Gasteiger partial charge in [0.2, 0.25) is 17.7 Å². The van der Waals surface area contributed by atoms with Crippen molar-refractivity contribution in [2.45, 2.75) is 63.3 Å². The summed E-state index contributed by atoms with van der Waals surface area (Å²) >= 11 is 4.68. The van der Waals surface area contributed by atoms with Crippen molar-refractivity contribution in [2.75, 3.05) is 66.3 Å². The molecule has 3 saturated heterocycles. The summed E-state index contributed by atoms with van der Waals surface area (Å²) in [5.74, 6) is -1.66. The number of nitrogens with zero attached hydrogens (tertiary/aromatic N) is 6. The summed E-state index contributed by atoms with van der Waals surface area (Å²) in [6.45, 7) is 8.87. The molecule has 2 aromatic carbocycles. The van der Waals surface area contributed by atoms with E-state index < -0.39 is 52.1 Å². The van der Waals surface area contributed by atoms with Crippen LogP contribution in [0.1, 0.15) is 50.4 Å². The molecule has 3 aliphatic heterocycles. The van der Waals surface area contributed by atoms with Crippen LogP contribution >= 0.6 is 12.6 Å². The zero-order valence-corrected chi connectivity index (χ0v) is 32.9. The Labute approximate surface area is 337 Å². The number of piperazine rings is 1. The standard InChI is InChI=1S/C39H43F4N9O5S/c1-4-23-17-25(52-37(58)51(36(56)38(52,2)3)26-19-27(39(41,42)43)31(20-44)45-21-26)6-9-32(23)57-16-15-49-11-13-50(14-12-49)22-34(54)47-30-18-24(5-7-28(30)40)46-29-8-10-33(53)48-35(29)55/h5-7,9,17-19,21,29,37,46,58H,4,8,10-16,22H2,1-3H3,(H,47,54)(H,48,53,55). The predicted octanol–water partition coefficient (Wildman–Crippen LogP) is 4.37. The van der Waals surface area contributed by atoms with Crippen molar-refractivity contribution < 1.29 is 41.5 Å². The van der Waals surface area contributed by atoms with E-state index in [4.69, 9.17) is 10.00 Å². The molecule has 4 heterocycles. The van der Waals surface area contributed by atoms with E-state index in [-0.39, 0.29) is 36.2 Å². The van der Waals surface area contributed by atoms with E-state index in [9.17, 15) is 36.7 Å². The molecule has 19 heteroatoms. The lowest BCUT2D eigenvalue weighted by atomic mass is 10.0. The summed E-state index contributed by atoms with van der Waals surface area (Å²) in [5, 5.41) is 17.0. The molecule has 58 heavy (non-hydrogen) atoms. The maximum Gasteiger partial charge on any atom is 0.419 e. The molecule has 0 saturated carbocycles. The SMILES string of the molecule is CCc1cc(N2C(S)N(c3cnc(C#N)c(C(F)(F)F)c3)C(=O)C2(C)C)ccc1OCCN1CCN(CC(=O)Nc2cc(NC3CCC(=O)NC3=O)ccc2F)CC1. The number of aromatic nitrogens is 1. The number of imide groups is 1. The van der Waals surface area contributed by atoms with Gasteiger partial charge in [0.1, 0.15) is 35.8 Å². The average molecular weight is 826 g/mol. The van der Waals surface area contributed by atoms with Crippen LogP contribution in [0.2, 0.25) is 0 Å². The first kappa shape index (κ1) is 42.2. The maximum atomic E-state index is 14.6. The normalized spacial score (nSPS) is 20.2. The lowest BCUT2D eigenvalue weighted by Gasteiger charge is -2.34. The molecule has 6 rings (SSSR count). The monoisotopic (exact) mass is 825 g/mol. The van der Waals surface area contributed by atoms with Crippen molar-refractivity contribution in [3.8, 4) is 11.8 Å². The Bertz CT molecular complexity index is 2120. The number of nitrogens with one attached hydrogen (secondary N) is 3. The number of amides is 4. The molecule has 3 fully saturated rings. The Kier molecular flexibility index (Phi) is 12.5. The third-order valence-corrected chi connectivity index (χ3v) is 10.9. The molecule has 2 atom stereocenters. The van der Waals surface area contributed by atoms with Crippen LogP contribution in [0.25, 0.3) is 0 Å². The second kappa shape index (κ2) is 17.2. The third kappa shape index (κ3) is 9.14. The zero-order chi connectivity index (χ0) is 41.9. The highest BCUT2D eigenvalue weighted by molar-refractivity contribution is 7.81. The van der Waals surface area contributed by atoms with Gasteiger partial charge in [0.25, 0.3) is 5.91 Å². The molecule has 308 valence electrons. The molecular formula is C39H43F4N9O5S. The number of hydrogen-bond donors (Lipinski definition) is 4. The van der Waals surface area contributed by atoms with Crippen LogP contribution in [-0.4, -0.2) is 101 Å². The van der Waals surface area contributed by atoms with E-state index in [0.717, 1.165) is 22.7 Å². The molecule has 3 N–H and O–H groups in total. The molecule has 14 nitrogen and oxygen atoms in total. The highest BCUT2D eigenvalue weighted by Crippen LogP contribution is 2.43. The van der Waals surface area contributed by atoms with Crippen LogP contribution in [0.4, 0.5) is 40.3 Å². The summed E-state index contributed by atoms with van der Waals surface area (Å²) in [4.78, 5) is 60.8. The van der Waals surface area contributed by atoms with Gasteiger partial charge in [-0.1, -0.05) is 6.92 Å². The molecule has 0 radical (unpaired) electrons. The van der Waals surface area contributed by atoms with Gasteiger partial charge in [-0.25, -0.2) is 9.37 Å². The fraction of sp³-hybridized carbons (Fsp3) is 0.436. The molecule has 3 aliphatic rings. The molecule has 0 spiro atoms. The molecule has 3 aromatic rings. The first-order valence-electron chi connectivity index (χ1n) is 18.7. The number of nitriles is 1. The van der Waals surface area contributed by atoms with Gasteiger partial charge in [-0.3, -0.25) is 39.2 Å². The van der Waals surface area contributed by atoms with Crippen LogP contribution in [-0.2, 0) is 31.8 Å². The summed E-state index contributed by atoms with van der Waals surface area (Å²) in [5.41, 5.74) is -2.47. The van der Waals surface area contributed by atoms with Crippen molar-refractivity contribution >= 4 is 59.0 Å². The Morgan fingerprint density at radius 3 is 2.47 bits per heavy atom. The van der Waals surface area contributed by atoms with Gasteiger partial charge in [0.15, 0.2) is 11.2 Å². The van der Waals surface area contributed by atoms with E-state index in [0.29, 0.717) is 69.3 Å². The van der Waals surface area contributed by atoms with E-state index >= 15 is 0 Å². The highest BCUT2D eigenvalue weighted by Gasteiger charge is 2.52.